The van der Waals surface area contributed by atoms with Crippen LogP contribution in [0.5, 0.6) is 0 Å². The van der Waals surface area contributed by atoms with Gasteiger partial charge in [-0.3, -0.25) is 9.59 Å². The molecular formula is C21H24N3O3+. The minimum Gasteiger partial charge on any atom is -0.421 e. The zero-order valence-corrected chi connectivity index (χ0v) is 15.8. The Balaban J connectivity index is 2.28. The van der Waals surface area contributed by atoms with Crippen LogP contribution in [0.1, 0.15) is 42.6 Å². The molecule has 1 aromatic rings. The molecule has 0 saturated heterocycles. The summed E-state index contributed by atoms with van der Waals surface area (Å²) in [6, 6.07) is 5.52. The Hall–Kier alpha value is -2.99. The van der Waals surface area contributed by atoms with E-state index in [1.54, 1.807) is 19.2 Å². The Bertz CT molecular complexity index is 913. The van der Waals surface area contributed by atoms with Crippen molar-refractivity contribution in [2.45, 2.75) is 32.1 Å². The van der Waals surface area contributed by atoms with Crippen molar-refractivity contribution in [1.82, 2.24) is 4.59 Å². The number of allylic oxidation sites excluding steroid dienone is 5. The molecule has 2 unspecified atom stereocenters. The van der Waals surface area contributed by atoms with Crippen molar-refractivity contribution in [3.05, 3.63) is 65.6 Å². The van der Waals surface area contributed by atoms with Gasteiger partial charge in [0, 0.05) is 22.6 Å². The van der Waals surface area contributed by atoms with Crippen molar-refractivity contribution >= 4 is 23.8 Å². The van der Waals surface area contributed by atoms with Crippen molar-refractivity contribution in [1.29, 1.82) is 0 Å². The van der Waals surface area contributed by atoms with Crippen molar-refractivity contribution in [3.63, 3.8) is 0 Å². The van der Waals surface area contributed by atoms with Gasteiger partial charge in [0.2, 0.25) is 11.7 Å². The zero-order valence-electron chi connectivity index (χ0n) is 15.8. The summed E-state index contributed by atoms with van der Waals surface area (Å²) in [4.78, 5) is 23.1. The van der Waals surface area contributed by atoms with Gasteiger partial charge in [0.15, 0.2) is 11.9 Å². The quantitative estimate of drug-likeness (QED) is 0.619. The van der Waals surface area contributed by atoms with Crippen LogP contribution in [0, 0.1) is 0 Å². The molecule has 0 bridgehead atoms. The molecule has 0 spiro atoms. The number of nitrogens with zero attached hydrogens (tertiary/aromatic N) is 2. The van der Waals surface area contributed by atoms with Crippen LogP contribution in [0.25, 0.3) is 0 Å². The van der Waals surface area contributed by atoms with Crippen LogP contribution in [0.3, 0.4) is 0 Å². The molecule has 1 amide bonds. The second-order valence-electron chi connectivity index (χ2n) is 6.98. The molecule has 1 aromatic carbocycles. The number of carbonyl (C=O) groups excluding carboxylic acids is 2. The topological polar surface area (TPSA) is 81.8 Å². The maximum Gasteiger partial charge on any atom is 0.298 e. The summed E-state index contributed by atoms with van der Waals surface area (Å²) < 4.78 is 5.11. The fourth-order valence-corrected chi connectivity index (χ4v) is 3.94. The fourth-order valence-electron chi connectivity index (χ4n) is 3.94. The van der Waals surface area contributed by atoms with Crippen LogP contribution in [0.2, 0.25) is 0 Å². The molecule has 1 aliphatic heterocycles. The minimum atomic E-state index is -0.470. The smallest absolute Gasteiger partial charge is 0.298 e. The van der Waals surface area contributed by atoms with E-state index in [4.69, 9.17) is 15.6 Å². The number of rotatable bonds is 6. The predicted octanol–water partition coefficient (Wildman–Crippen LogP) is 3.29. The standard InChI is InChI=1S/C21H23N3O3/c1-4-21(11-6-5-7-12-21)19-16(20(22)26)9-8-10-17(19)24(3)13-18(27-14-25)15(2)23-24/h5-11,13-14H,4,12H2,1-3H3,(H-,22,26)/p+1. The third kappa shape index (κ3) is 3.13. The Morgan fingerprint density at radius 1 is 1.41 bits per heavy atom. The predicted molar refractivity (Wildman–Crippen MR) is 106 cm³/mol. The summed E-state index contributed by atoms with van der Waals surface area (Å²) >= 11 is 0. The van der Waals surface area contributed by atoms with Crippen LogP contribution < -0.4 is 10.3 Å². The van der Waals surface area contributed by atoms with E-state index in [1.807, 2.05) is 31.3 Å². The molecule has 0 saturated carbocycles. The first-order valence-electron chi connectivity index (χ1n) is 8.91. The number of quaternary nitrogens is 1. The molecule has 1 aliphatic carbocycles. The largest absolute Gasteiger partial charge is 0.421 e. The Kier molecular flexibility index (Phi) is 4.85. The highest BCUT2D eigenvalue weighted by Crippen LogP contribution is 2.45. The van der Waals surface area contributed by atoms with Gasteiger partial charge < -0.3 is 10.5 Å². The number of carbonyl (C=O) groups is 2. The SMILES string of the molecule is CCC1(c2c(C(N)=O)cccc2[N+]2(C)C=C(OC=O)C(C)=N2)C=CC=CC1. The second-order valence-corrected chi connectivity index (χ2v) is 6.98. The molecule has 0 aromatic heterocycles. The van der Waals surface area contributed by atoms with Crippen molar-refractivity contribution in [2.24, 2.45) is 10.8 Å². The number of amides is 1. The number of hydrogen-bond donors (Lipinski definition) is 1. The summed E-state index contributed by atoms with van der Waals surface area (Å²) in [5.74, 6) is -0.0602. The van der Waals surface area contributed by atoms with Crippen molar-refractivity contribution < 1.29 is 14.3 Å². The molecule has 2 atom stereocenters. The first kappa shape index (κ1) is 18.8. The van der Waals surface area contributed by atoms with Crippen LogP contribution in [-0.4, -0.2) is 25.1 Å². The maximum atomic E-state index is 12.3. The van der Waals surface area contributed by atoms with Gasteiger partial charge in [-0.2, -0.15) is 0 Å². The Morgan fingerprint density at radius 2 is 2.19 bits per heavy atom. The summed E-state index contributed by atoms with van der Waals surface area (Å²) in [6.07, 6.45) is 11.6. The Labute approximate surface area is 158 Å². The number of nitrogens with two attached hydrogens (primary N) is 1. The molecule has 3 rings (SSSR count). The molecular weight excluding hydrogens is 342 g/mol. The van der Waals surface area contributed by atoms with Gasteiger partial charge in [-0.25, -0.2) is 0 Å². The summed E-state index contributed by atoms with van der Waals surface area (Å²) in [5.41, 5.74) is 8.17. The first-order chi connectivity index (χ1) is 12.9. The van der Waals surface area contributed by atoms with Crippen LogP contribution in [-0.2, 0) is 14.9 Å². The van der Waals surface area contributed by atoms with E-state index in [0.29, 0.717) is 23.5 Å². The number of ether oxygens (including phenoxy) is 1. The molecule has 6 heteroatoms. The Morgan fingerprint density at radius 3 is 2.78 bits per heavy atom. The fraction of sp³-hybridized carbons (Fsp3) is 0.286. The lowest BCUT2D eigenvalue weighted by atomic mass is 9.70. The number of benzene rings is 1. The van der Waals surface area contributed by atoms with Crippen LogP contribution >= 0.6 is 0 Å². The lowest BCUT2D eigenvalue weighted by Crippen LogP contribution is -2.37. The normalized spacial score (nSPS) is 26.5. The van der Waals surface area contributed by atoms with Crippen molar-refractivity contribution in [2.75, 3.05) is 7.05 Å². The highest BCUT2D eigenvalue weighted by atomic mass is 16.5. The molecule has 6 nitrogen and oxygen atoms in total. The van der Waals surface area contributed by atoms with Gasteiger partial charge in [-0.1, -0.05) is 42.4 Å². The number of primary amides is 1. The van der Waals surface area contributed by atoms with E-state index in [-0.39, 0.29) is 10.0 Å². The van der Waals surface area contributed by atoms with E-state index in [9.17, 15) is 9.59 Å². The average molecular weight is 366 g/mol. The molecule has 2 aliphatic rings. The van der Waals surface area contributed by atoms with E-state index in [0.717, 1.165) is 24.1 Å². The van der Waals surface area contributed by atoms with E-state index in [1.165, 1.54) is 0 Å². The molecule has 27 heavy (non-hydrogen) atoms. The van der Waals surface area contributed by atoms with E-state index < -0.39 is 5.91 Å². The number of hydrogen-bond acceptors (Lipinski definition) is 4. The highest BCUT2D eigenvalue weighted by Gasteiger charge is 2.42. The average Bonchev–Trinajstić information content (AvgIpc) is 2.96. The van der Waals surface area contributed by atoms with E-state index >= 15 is 0 Å². The van der Waals surface area contributed by atoms with Gasteiger partial charge in [-0.15, -0.1) is 4.59 Å². The van der Waals surface area contributed by atoms with Crippen LogP contribution in [0.4, 0.5) is 5.69 Å². The second kappa shape index (κ2) is 6.96. The van der Waals surface area contributed by atoms with Gasteiger partial charge in [0.25, 0.3) is 6.47 Å². The van der Waals surface area contributed by atoms with Crippen LogP contribution in [0.15, 0.2) is 59.6 Å². The summed E-state index contributed by atoms with van der Waals surface area (Å²) in [6.45, 7) is 4.28. The van der Waals surface area contributed by atoms with Crippen molar-refractivity contribution in [3.8, 4) is 0 Å². The first-order valence-corrected chi connectivity index (χ1v) is 8.91. The van der Waals surface area contributed by atoms with Gasteiger partial charge >= 0.3 is 0 Å². The van der Waals surface area contributed by atoms with Gasteiger partial charge in [-0.05, 0) is 25.8 Å². The highest BCUT2D eigenvalue weighted by molar-refractivity contribution is 6.00. The van der Waals surface area contributed by atoms with Gasteiger partial charge in [0.1, 0.15) is 12.8 Å². The molecule has 0 fully saturated rings. The monoisotopic (exact) mass is 366 g/mol. The molecule has 140 valence electrons. The van der Waals surface area contributed by atoms with Gasteiger partial charge in [0.05, 0.1) is 0 Å². The minimum absolute atomic E-state index is 0.0464. The summed E-state index contributed by atoms with van der Waals surface area (Å²) in [7, 11) is 1.89. The lowest BCUT2D eigenvalue weighted by molar-refractivity contribution is -0.124. The summed E-state index contributed by atoms with van der Waals surface area (Å²) in [5, 5.41) is 4.70. The zero-order chi connectivity index (χ0) is 19.7. The van der Waals surface area contributed by atoms with E-state index in [2.05, 4.69) is 19.1 Å². The molecule has 0 radical (unpaired) electrons. The third-order valence-corrected chi connectivity index (χ3v) is 5.33. The third-order valence-electron chi connectivity index (χ3n) is 5.33. The molecule has 1 heterocycles. The molecule has 2 N–H and O–H groups in total. The lowest BCUT2D eigenvalue weighted by Gasteiger charge is -2.35. The maximum absolute atomic E-state index is 12.3.